The summed E-state index contributed by atoms with van der Waals surface area (Å²) in [6.45, 7) is 2.01. The molecule has 0 fully saturated rings. The molecule has 1 heterocycles. The number of nitro benzene ring substituents is 2. The van der Waals surface area contributed by atoms with Gasteiger partial charge >= 0.3 is 5.97 Å². The maximum Gasteiger partial charge on any atom is 0.338 e. The van der Waals surface area contributed by atoms with E-state index in [2.05, 4.69) is 15.3 Å². The minimum absolute atomic E-state index is 0.0287. The Balaban J connectivity index is 1.65. The molecule has 3 aromatic carbocycles. The molecule has 0 unspecified atom stereocenters. The van der Waals surface area contributed by atoms with Crippen molar-refractivity contribution in [2.24, 2.45) is 0 Å². The number of esters is 1. The van der Waals surface area contributed by atoms with Crippen LogP contribution in [0.15, 0.2) is 78.9 Å². The zero-order valence-corrected chi connectivity index (χ0v) is 21.3. The van der Waals surface area contributed by atoms with Gasteiger partial charge in [0.2, 0.25) is 5.95 Å². The summed E-state index contributed by atoms with van der Waals surface area (Å²) in [4.78, 5) is 42.3. The van der Waals surface area contributed by atoms with E-state index in [1.165, 1.54) is 24.3 Å². The fourth-order valence-electron chi connectivity index (χ4n) is 3.59. The van der Waals surface area contributed by atoms with E-state index in [9.17, 15) is 25.0 Å². The maximum absolute atomic E-state index is 11.9. The van der Waals surface area contributed by atoms with Crippen molar-refractivity contribution in [2.45, 2.75) is 6.92 Å². The van der Waals surface area contributed by atoms with Crippen LogP contribution < -0.4 is 5.32 Å². The summed E-state index contributed by atoms with van der Waals surface area (Å²) in [7, 11) is 0. The van der Waals surface area contributed by atoms with Crippen LogP contribution in [0.1, 0.15) is 39.8 Å². The van der Waals surface area contributed by atoms with Crippen LogP contribution in [0.3, 0.4) is 0 Å². The highest BCUT2D eigenvalue weighted by molar-refractivity contribution is 5.89. The Kier molecular flexibility index (Phi) is 8.67. The molecule has 200 valence electrons. The lowest BCUT2D eigenvalue weighted by Gasteiger charge is -2.08. The molecule has 0 spiro atoms. The van der Waals surface area contributed by atoms with E-state index in [-0.39, 0.29) is 23.9 Å². The van der Waals surface area contributed by atoms with E-state index < -0.39 is 15.8 Å². The van der Waals surface area contributed by atoms with Crippen LogP contribution in [-0.2, 0) is 4.74 Å². The number of non-ortho nitro benzene ring substituents is 2. The molecule has 0 saturated carbocycles. The number of rotatable bonds is 10. The number of hydrogen-bond donors (Lipinski definition) is 1. The lowest BCUT2D eigenvalue weighted by molar-refractivity contribution is -0.385. The molecule has 1 N–H and O–H groups in total. The first-order valence-electron chi connectivity index (χ1n) is 12.1. The van der Waals surface area contributed by atoms with Crippen LogP contribution >= 0.6 is 0 Å². The van der Waals surface area contributed by atoms with Crippen LogP contribution in [0.4, 0.5) is 23.0 Å². The minimum atomic E-state index is -0.464. The lowest BCUT2D eigenvalue weighted by atomic mass is 10.1. The van der Waals surface area contributed by atoms with Crippen molar-refractivity contribution >= 4 is 53.3 Å². The van der Waals surface area contributed by atoms with Crippen molar-refractivity contribution in [3.05, 3.63) is 127 Å². The molecule has 0 aliphatic rings. The van der Waals surface area contributed by atoms with Gasteiger partial charge in [0.15, 0.2) is 0 Å². The van der Waals surface area contributed by atoms with Gasteiger partial charge < -0.3 is 10.1 Å². The molecule has 0 bridgehead atoms. The predicted molar refractivity (Wildman–Crippen MR) is 152 cm³/mol. The third kappa shape index (κ3) is 7.42. The zero-order valence-electron chi connectivity index (χ0n) is 21.3. The van der Waals surface area contributed by atoms with E-state index in [0.717, 1.165) is 0 Å². The second-order valence-electron chi connectivity index (χ2n) is 8.33. The van der Waals surface area contributed by atoms with Gasteiger partial charge in [0.25, 0.3) is 11.4 Å². The van der Waals surface area contributed by atoms with Crippen molar-refractivity contribution in [3.63, 3.8) is 0 Å². The molecule has 0 amide bonds. The number of nitro groups is 2. The molecule has 40 heavy (non-hydrogen) atoms. The maximum atomic E-state index is 11.9. The first kappa shape index (κ1) is 27.3. The van der Waals surface area contributed by atoms with E-state index in [1.807, 2.05) is 0 Å². The molecular weight excluding hydrogens is 514 g/mol. The summed E-state index contributed by atoms with van der Waals surface area (Å²) in [5.41, 5.74) is 3.22. The molecular formula is C29H23N5O6. The van der Waals surface area contributed by atoms with E-state index in [1.54, 1.807) is 85.8 Å². The van der Waals surface area contributed by atoms with Crippen molar-refractivity contribution in [1.29, 1.82) is 0 Å². The highest BCUT2D eigenvalue weighted by atomic mass is 16.6. The molecule has 1 aromatic heterocycles. The Labute approximate surface area is 228 Å². The summed E-state index contributed by atoms with van der Waals surface area (Å²) in [6.07, 6.45) is 6.78. The van der Waals surface area contributed by atoms with Crippen LogP contribution in [0.5, 0.6) is 0 Å². The van der Waals surface area contributed by atoms with Crippen LogP contribution in [0, 0.1) is 20.2 Å². The molecule has 11 nitrogen and oxygen atoms in total. The summed E-state index contributed by atoms with van der Waals surface area (Å²) in [6, 6.07) is 20.7. The standard InChI is InChI=1S/C29H23N5O6/c1-2-40-28(35)22-11-15-23(16-12-22)30-29-31-24(13-9-20-5-3-7-26(17-20)33(36)37)19-25(32-29)14-10-21-6-4-8-27(18-21)34(38)39/h3-19H,2H2,1H3,(H,30,31,32)/b13-9+,14-10+. The van der Waals surface area contributed by atoms with Gasteiger partial charge in [0, 0.05) is 30.0 Å². The number of carbonyl (C=O) groups is 1. The minimum Gasteiger partial charge on any atom is -0.462 e. The quantitative estimate of drug-likeness (QED) is 0.135. The number of ether oxygens (including phenoxy) is 1. The second-order valence-corrected chi connectivity index (χ2v) is 8.33. The van der Waals surface area contributed by atoms with Gasteiger partial charge in [-0.2, -0.15) is 0 Å². The van der Waals surface area contributed by atoms with Crippen LogP contribution in [0.2, 0.25) is 0 Å². The number of hydrogen-bond acceptors (Lipinski definition) is 9. The largest absolute Gasteiger partial charge is 0.462 e. The molecule has 0 aliphatic carbocycles. The smallest absolute Gasteiger partial charge is 0.338 e. The van der Waals surface area contributed by atoms with Gasteiger partial charge in [0.1, 0.15) is 0 Å². The van der Waals surface area contributed by atoms with Crippen LogP contribution in [0.25, 0.3) is 24.3 Å². The Morgan fingerprint density at radius 2 is 1.32 bits per heavy atom. The van der Waals surface area contributed by atoms with E-state index >= 15 is 0 Å². The predicted octanol–water partition coefficient (Wildman–Crippen LogP) is 6.55. The van der Waals surface area contributed by atoms with E-state index in [4.69, 9.17) is 4.74 Å². The normalized spacial score (nSPS) is 11.0. The summed E-state index contributed by atoms with van der Waals surface area (Å²) < 4.78 is 5.01. The number of anilines is 2. The van der Waals surface area contributed by atoms with Crippen molar-refractivity contribution in [1.82, 2.24) is 9.97 Å². The third-order valence-corrected chi connectivity index (χ3v) is 5.47. The first-order valence-corrected chi connectivity index (χ1v) is 12.1. The lowest BCUT2D eigenvalue weighted by Crippen LogP contribution is -2.05. The SMILES string of the molecule is CCOC(=O)c1ccc(Nc2nc(/C=C/c3cccc([N+](=O)[O-])c3)cc(/C=C/c3cccc([N+](=O)[O-])c3)n2)cc1. The Bertz CT molecular complexity index is 1530. The number of benzene rings is 3. The Morgan fingerprint density at radius 3 is 1.80 bits per heavy atom. The van der Waals surface area contributed by atoms with Crippen molar-refractivity contribution in [3.8, 4) is 0 Å². The molecule has 11 heteroatoms. The number of nitrogens with zero attached hydrogens (tertiary/aromatic N) is 4. The van der Waals surface area contributed by atoms with Crippen molar-refractivity contribution < 1.29 is 19.4 Å². The monoisotopic (exact) mass is 537 g/mol. The highest BCUT2D eigenvalue weighted by Gasteiger charge is 2.09. The average Bonchev–Trinajstić information content (AvgIpc) is 2.96. The number of carbonyl (C=O) groups excluding carboxylic acids is 1. The fraction of sp³-hybridized carbons (Fsp3) is 0.0690. The van der Waals surface area contributed by atoms with Gasteiger partial charge in [-0.05, 0) is 60.5 Å². The first-order chi connectivity index (χ1) is 19.3. The molecule has 4 aromatic rings. The number of aromatic nitrogens is 2. The van der Waals surface area contributed by atoms with Gasteiger partial charge in [-0.1, -0.05) is 36.4 Å². The summed E-state index contributed by atoms with van der Waals surface area (Å²) >= 11 is 0. The highest BCUT2D eigenvalue weighted by Crippen LogP contribution is 2.20. The summed E-state index contributed by atoms with van der Waals surface area (Å²) in [5.74, 6) is -0.170. The molecule has 0 saturated heterocycles. The number of nitrogens with one attached hydrogen (secondary N) is 1. The van der Waals surface area contributed by atoms with Gasteiger partial charge in [-0.25, -0.2) is 14.8 Å². The van der Waals surface area contributed by atoms with Crippen molar-refractivity contribution in [2.75, 3.05) is 11.9 Å². The van der Waals surface area contributed by atoms with Gasteiger partial charge in [0.05, 0.1) is 33.4 Å². The Morgan fingerprint density at radius 1 is 0.800 bits per heavy atom. The van der Waals surface area contributed by atoms with Crippen LogP contribution in [-0.4, -0.2) is 32.4 Å². The molecule has 0 aliphatic heterocycles. The topological polar surface area (TPSA) is 150 Å². The molecule has 0 radical (unpaired) electrons. The van der Waals surface area contributed by atoms with E-state index in [0.29, 0.717) is 33.8 Å². The molecule has 0 atom stereocenters. The molecule has 4 rings (SSSR count). The summed E-state index contributed by atoms with van der Waals surface area (Å²) in [5, 5.41) is 25.3. The van der Waals surface area contributed by atoms with Gasteiger partial charge in [-0.3, -0.25) is 20.2 Å². The Hall–Kier alpha value is -5.71. The third-order valence-electron chi connectivity index (χ3n) is 5.47. The average molecular weight is 538 g/mol. The zero-order chi connectivity index (χ0) is 28.5. The fourth-order valence-corrected chi connectivity index (χ4v) is 3.59. The van der Waals surface area contributed by atoms with Gasteiger partial charge in [-0.15, -0.1) is 0 Å². The second kappa shape index (κ2) is 12.7.